The van der Waals surface area contributed by atoms with E-state index < -0.39 is 0 Å². The molecule has 1 aromatic rings. The van der Waals surface area contributed by atoms with Crippen LogP contribution in [0.15, 0.2) is 30.9 Å². The van der Waals surface area contributed by atoms with E-state index in [-0.39, 0.29) is 0 Å². The number of benzene rings is 1. The fourth-order valence-corrected chi connectivity index (χ4v) is 0.898. The molecule has 0 atom stereocenters. The summed E-state index contributed by atoms with van der Waals surface area (Å²) in [4.78, 5) is 0. The first-order chi connectivity index (χ1) is 6.27. The Hall–Kier alpha value is -1.95. The van der Waals surface area contributed by atoms with Gasteiger partial charge in [-0.1, -0.05) is 12.7 Å². The lowest BCUT2D eigenvalue weighted by Crippen LogP contribution is -1.97. The van der Waals surface area contributed by atoms with Crippen molar-refractivity contribution in [3.05, 3.63) is 36.4 Å². The molecule has 0 aliphatic rings. The molecular formula is C10H10N2O. The number of ether oxygens (including phenoxy) is 1. The standard InChI is InChI=1S/C10H10N2O/c1-2-5-13-10-4-3-8(7-11)6-9(10)12/h2-4,6H,1,5,12H2. The fraction of sp³-hybridized carbons (Fsp3) is 0.100. The van der Waals surface area contributed by atoms with E-state index in [1.54, 1.807) is 24.3 Å². The van der Waals surface area contributed by atoms with E-state index in [0.717, 1.165) is 0 Å². The summed E-state index contributed by atoms with van der Waals surface area (Å²) in [6, 6.07) is 6.92. The van der Waals surface area contributed by atoms with Gasteiger partial charge in [0, 0.05) is 0 Å². The topological polar surface area (TPSA) is 59.0 Å². The van der Waals surface area contributed by atoms with E-state index in [1.807, 2.05) is 6.07 Å². The smallest absolute Gasteiger partial charge is 0.142 e. The summed E-state index contributed by atoms with van der Waals surface area (Å²) in [5, 5.41) is 8.57. The third-order valence-electron chi connectivity index (χ3n) is 1.50. The van der Waals surface area contributed by atoms with Crippen LogP contribution in [0.3, 0.4) is 0 Å². The molecule has 1 aromatic carbocycles. The minimum atomic E-state index is 0.413. The zero-order valence-electron chi connectivity index (χ0n) is 7.16. The zero-order chi connectivity index (χ0) is 9.68. The van der Waals surface area contributed by atoms with Crippen LogP contribution in [-0.4, -0.2) is 6.61 Å². The highest BCUT2D eigenvalue weighted by molar-refractivity contribution is 5.56. The second kappa shape index (κ2) is 4.17. The van der Waals surface area contributed by atoms with E-state index in [0.29, 0.717) is 23.6 Å². The van der Waals surface area contributed by atoms with Crippen LogP contribution in [-0.2, 0) is 0 Å². The predicted octanol–water partition coefficient (Wildman–Crippen LogP) is 1.71. The minimum Gasteiger partial charge on any atom is -0.487 e. The molecule has 0 fully saturated rings. The van der Waals surface area contributed by atoms with Crippen LogP contribution in [0, 0.1) is 11.3 Å². The molecule has 0 aliphatic heterocycles. The van der Waals surface area contributed by atoms with Crippen molar-refractivity contribution in [2.45, 2.75) is 0 Å². The maximum atomic E-state index is 8.57. The molecule has 1 rings (SSSR count). The maximum absolute atomic E-state index is 8.57. The van der Waals surface area contributed by atoms with Gasteiger partial charge in [-0.3, -0.25) is 0 Å². The van der Waals surface area contributed by atoms with Gasteiger partial charge < -0.3 is 10.5 Å². The molecule has 0 aliphatic carbocycles. The van der Waals surface area contributed by atoms with Gasteiger partial charge in [0.15, 0.2) is 0 Å². The van der Waals surface area contributed by atoms with Gasteiger partial charge in [0.1, 0.15) is 12.4 Å². The molecule has 0 radical (unpaired) electrons. The Kier molecular flexibility index (Phi) is 2.93. The molecule has 0 saturated heterocycles. The van der Waals surface area contributed by atoms with Gasteiger partial charge in [-0.25, -0.2) is 0 Å². The minimum absolute atomic E-state index is 0.413. The maximum Gasteiger partial charge on any atom is 0.142 e. The Morgan fingerprint density at radius 1 is 1.62 bits per heavy atom. The first kappa shape index (κ1) is 9.14. The summed E-state index contributed by atoms with van der Waals surface area (Å²) in [5.41, 5.74) is 6.63. The van der Waals surface area contributed by atoms with Gasteiger partial charge in [0.2, 0.25) is 0 Å². The van der Waals surface area contributed by atoms with E-state index in [9.17, 15) is 0 Å². The number of hydrogen-bond acceptors (Lipinski definition) is 3. The van der Waals surface area contributed by atoms with Crippen molar-refractivity contribution in [2.24, 2.45) is 0 Å². The Morgan fingerprint density at radius 2 is 2.38 bits per heavy atom. The Balaban J connectivity index is 2.86. The Bertz CT molecular complexity index is 352. The fourth-order valence-electron chi connectivity index (χ4n) is 0.898. The Morgan fingerprint density at radius 3 is 2.92 bits per heavy atom. The SMILES string of the molecule is C=CCOc1ccc(C#N)cc1N. The molecule has 2 N–H and O–H groups in total. The highest BCUT2D eigenvalue weighted by atomic mass is 16.5. The monoisotopic (exact) mass is 174 g/mol. The number of nitrogen functional groups attached to an aromatic ring is 1. The van der Waals surface area contributed by atoms with Crippen molar-refractivity contribution in [3.8, 4) is 11.8 Å². The predicted molar refractivity (Wildman–Crippen MR) is 51.3 cm³/mol. The number of nitrogens with two attached hydrogens (primary N) is 1. The average Bonchev–Trinajstić information content (AvgIpc) is 2.16. The molecular weight excluding hydrogens is 164 g/mol. The molecule has 0 unspecified atom stereocenters. The molecule has 66 valence electrons. The van der Waals surface area contributed by atoms with Crippen molar-refractivity contribution < 1.29 is 4.74 Å². The van der Waals surface area contributed by atoms with Gasteiger partial charge in [-0.15, -0.1) is 0 Å². The molecule has 0 bridgehead atoms. The third kappa shape index (κ3) is 2.24. The van der Waals surface area contributed by atoms with Gasteiger partial charge in [0.25, 0.3) is 0 Å². The molecule has 0 spiro atoms. The molecule has 3 heteroatoms. The molecule has 3 nitrogen and oxygen atoms in total. The van der Waals surface area contributed by atoms with Crippen LogP contribution in [0.5, 0.6) is 5.75 Å². The highest BCUT2D eigenvalue weighted by Crippen LogP contribution is 2.21. The highest BCUT2D eigenvalue weighted by Gasteiger charge is 1.99. The second-order valence-electron chi connectivity index (χ2n) is 2.46. The summed E-state index contributed by atoms with van der Waals surface area (Å²) < 4.78 is 5.23. The Labute approximate surface area is 77.0 Å². The summed E-state index contributed by atoms with van der Waals surface area (Å²) in [6.07, 6.45) is 1.64. The van der Waals surface area contributed by atoms with E-state index >= 15 is 0 Å². The van der Waals surface area contributed by atoms with Crippen LogP contribution >= 0.6 is 0 Å². The van der Waals surface area contributed by atoms with Crippen LogP contribution in [0.4, 0.5) is 5.69 Å². The third-order valence-corrected chi connectivity index (χ3v) is 1.50. The van der Waals surface area contributed by atoms with E-state index in [4.69, 9.17) is 15.7 Å². The number of nitriles is 1. The second-order valence-corrected chi connectivity index (χ2v) is 2.46. The zero-order valence-corrected chi connectivity index (χ0v) is 7.16. The number of hydrogen-bond donors (Lipinski definition) is 1. The molecule has 13 heavy (non-hydrogen) atoms. The van der Waals surface area contributed by atoms with Crippen molar-refractivity contribution in [2.75, 3.05) is 12.3 Å². The molecule has 0 amide bonds. The number of nitrogens with zero attached hydrogens (tertiary/aromatic N) is 1. The van der Waals surface area contributed by atoms with Crippen molar-refractivity contribution in [1.82, 2.24) is 0 Å². The summed E-state index contributed by atoms with van der Waals surface area (Å²) in [7, 11) is 0. The summed E-state index contributed by atoms with van der Waals surface area (Å²) >= 11 is 0. The lowest BCUT2D eigenvalue weighted by molar-refractivity contribution is 0.365. The van der Waals surface area contributed by atoms with Crippen LogP contribution in [0.1, 0.15) is 5.56 Å². The van der Waals surface area contributed by atoms with E-state index in [2.05, 4.69) is 6.58 Å². The van der Waals surface area contributed by atoms with E-state index in [1.165, 1.54) is 0 Å². The van der Waals surface area contributed by atoms with Crippen molar-refractivity contribution in [1.29, 1.82) is 5.26 Å². The molecule has 0 heterocycles. The van der Waals surface area contributed by atoms with Gasteiger partial charge >= 0.3 is 0 Å². The van der Waals surface area contributed by atoms with Crippen LogP contribution < -0.4 is 10.5 Å². The molecule has 0 saturated carbocycles. The quantitative estimate of drug-likeness (QED) is 0.560. The number of anilines is 1. The summed E-state index contributed by atoms with van der Waals surface area (Å²) in [6.45, 7) is 3.93. The molecule has 0 aromatic heterocycles. The lowest BCUT2D eigenvalue weighted by atomic mass is 10.2. The largest absolute Gasteiger partial charge is 0.487 e. The van der Waals surface area contributed by atoms with Gasteiger partial charge in [0.05, 0.1) is 17.3 Å². The van der Waals surface area contributed by atoms with Crippen molar-refractivity contribution in [3.63, 3.8) is 0 Å². The summed E-state index contributed by atoms with van der Waals surface area (Å²) in [5.74, 6) is 0.582. The first-order valence-electron chi connectivity index (χ1n) is 3.81. The normalized spacial score (nSPS) is 8.85. The van der Waals surface area contributed by atoms with Gasteiger partial charge in [-0.05, 0) is 18.2 Å². The number of rotatable bonds is 3. The van der Waals surface area contributed by atoms with Crippen LogP contribution in [0.25, 0.3) is 0 Å². The first-order valence-corrected chi connectivity index (χ1v) is 3.81. The van der Waals surface area contributed by atoms with Crippen molar-refractivity contribution >= 4 is 5.69 Å². The van der Waals surface area contributed by atoms with Gasteiger partial charge in [-0.2, -0.15) is 5.26 Å². The van der Waals surface area contributed by atoms with Crippen LogP contribution in [0.2, 0.25) is 0 Å². The lowest BCUT2D eigenvalue weighted by Gasteiger charge is -2.05. The average molecular weight is 174 g/mol.